The van der Waals surface area contributed by atoms with Crippen molar-refractivity contribution in [2.75, 3.05) is 6.61 Å². The molecule has 2 atom stereocenters. The average Bonchev–Trinajstić information content (AvgIpc) is 3.35. The van der Waals surface area contributed by atoms with Crippen molar-refractivity contribution in [2.24, 2.45) is 0 Å². The predicted molar refractivity (Wildman–Crippen MR) is 308 cm³/mol. The molecule has 398 valence electrons. The van der Waals surface area contributed by atoms with Crippen LogP contribution in [0.15, 0.2) is 97.2 Å². The predicted octanol–water partition coefficient (Wildman–Crippen LogP) is 20.1. The van der Waals surface area contributed by atoms with Crippen molar-refractivity contribution < 1.29 is 15.0 Å². The van der Waals surface area contributed by atoms with Gasteiger partial charge in [0.2, 0.25) is 5.91 Å². The summed E-state index contributed by atoms with van der Waals surface area (Å²) in [7, 11) is 0. The Labute approximate surface area is 430 Å². The van der Waals surface area contributed by atoms with Crippen LogP contribution in [0, 0.1) is 0 Å². The third kappa shape index (κ3) is 56.1. The minimum Gasteiger partial charge on any atom is -0.394 e. The lowest BCUT2D eigenvalue weighted by atomic mass is 10.0. The third-order valence-corrected chi connectivity index (χ3v) is 13.3. The molecule has 0 aliphatic heterocycles. The lowest BCUT2D eigenvalue weighted by Crippen LogP contribution is -2.45. The third-order valence-electron chi connectivity index (χ3n) is 13.3. The number of carbonyl (C=O) groups excluding carboxylic acids is 1. The van der Waals surface area contributed by atoms with E-state index in [1.54, 1.807) is 6.08 Å². The van der Waals surface area contributed by atoms with Gasteiger partial charge in [0.25, 0.3) is 0 Å². The maximum Gasteiger partial charge on any atom is 0.220 e. The first kappa shape index (κ1) is 66.3. The molecule has 69 heavy (non-hydrogen) atoms. The van der Waals surface area contributed by atoms with Crippen molar-refractivity contribution in [3.8, 4) is 0 Å². The molecule has 4 heteroatoms. The molecule has 2 unspecified atom stereocenters. The van der Waals surface area contributed by atoms with Gasteiger partial charge in [-0.1, -0.05) is 297 Å². The van der Waals surface area contributed by atoms with E-state index in [0.29, 0.717) is 6.42 Å². The second-order valence-corrected chi connectivity index (χ2v) is 20.0. The van der Waals surface area contributed by atoms with Gasteiger partial charge in [0.15, 0.2) is 0 Å². The summed E-state index contributed by atoms with van der Waals surface area (Å²) in [4.78, 5) is 12.5. The van der Waals surface area contributed by atoms with E-state index >= 15 is 0 Å². The van der Waals surface area contributed by atoms with Crippen LogP contribution in [0.4, 0.5) is 0 Å². The number of hydrogen-bond donors (Lipinski definition) is 3. The van der Waals surface area contributed by atoms with Crippen molar-refractivity contribution in [1.82, 2.24) is 5.32 Å². The van der Waals surface area contributed by atoms with Crippen molar-refractivity contribution in [3.63, 3.8) is 0 Å². The van der Waals surface area contributed by atoms with Gasteiger partial charge in [-0.2, -0.15) is 0 Å². The van der Waals surface area contributed by atoms with E-state index in [4.69, 9.17) is 0 Å². The first-order chi connectivity index (χ1) is 34.2. The number of aliphatic hydroxyl groups excluding tert-OH is 2. The Balaban J connectivity index is 3.57. The molecule has 0 aliphatic rings. The van der Waals surface area contributed by atoms with Crippen LogP contribution in [0.25, 0.3) is 0 Å². The molecule has 0 saturated heterocycles. The van der Waals surface area contributed by atoms with Gasteiger partial charge in [-0.25, -0.2) is 0 Å². The van der Waals surface area contributed by atoms with Gasteiger partial charge in [0.05, 0.1) is 18.8 Å². The summed E-state index contributed by atoms with van der Waals surface area (Å²) in [5.41, 5.74) is 0. The zero-order valence-electron chi connectivity index (χ0n) is 45.8. The topological polar surface area (TPSA) is 69.6 Å². The Hall–Kier alpha value is -2.69. The Morgan fingerprint density at radius 1 is 0.362 bits per heavy atom. The van der Waals surface area contributed by atoms with E-state index in [9.17, 15) is 15.0 Å². The molecular weight excluding hydrogens is 843 g/mol. The highest BCUT2D eigenvalue weighted by Crippen LogP contribution is 2.17. The fourth-order valence-electron chi connectivity index (χ4n) is 8.79. The molecule has 0 fully saturated rings. The molecule has 0 spiro atoms. The maximum absolute atomic E-state index is 12.5. The SMILES string of the molecule is CC/C=C\C/C=C\C/C=C\C/C=C\C/C=C\C/C=C\CCCCCCCCCCCCC(=O)NC(CO)C(O)/C=C/CC/C=C/CCCCCCCCCCCCCCCCCCCCCCCC. The Kier molecular flexibility index (Phi) is 57.3. The Bertz CT molecular complexity index is 1270. The summed E-state index contributed by atoms with van der Waals surface area (Å²) < 4.78 is 0. The molecule has 0 rings (SSSR count). The van der Waals surface area contributed by atoms with Gasteiger partial charge in [-0.15, -0.1) is 0 Å². The van der Waals surface area contributed by atoms with E-state index in [1.807, 2.05) is 6.08 Å². The van der Waals surface area contributed by atoms with Gasteiger partial charge in [0, 0.05) is 6.42 Å². The second kappa shape index (κ2) is 59.6. The van der Waals surface area contributed by atoms with Gasteiger partial charge in [0.1, 0.15) is 0 Å². The quantitative estimate of drug-likeness (QED) is 0.0420. The largest absolute Gasteiger partial charge is 0.394 e. The number of unbranched alkanes of at least 4 members (excludes halogenated alkanes) is 33. The minimum absolute atomic E-state index is 0.0798. The highest BCUT2D eigenvalue weighted by Gasteiger charge is 2.18. The minimum atomic E-state index is -0.872. The van der Waals surface area contributed by atoms with E-state index < -0.39 is 12.1 Å². The van der Waals surface area contributed by atoms with Crippen LogP contribution in [0.2, 0.25) is 0 Å². The highest BCUT2D eigenvalue weighted by molar-refractivity contribution is 5.76. The molecule has 0 aromatic carbocycles. The van der Waals surface area contributed by atoms with E-state index in [1.165, 1.54) is 199 Å². The van der Waals surface area contributed by atoms with Gasteiger partial charge in [-0.05, 0) is 83.5 Å². The van der Waals surface area contributed by atoms with Gasteiger partial charge >= 0.3 is 0 Å². The molecule has 3 N–H and O–H groups in total. The average molecular weight is 959 g/mol. The maximum atomic E-state index is 12.5. The zero-order valence-corrected chi connectivity index (χ0v) is 45.8. The fourth-order valence-corrected chi connectivity index (χ4v) is 8.79. The summed E-state index contributed by atoms with van der Waals surface area (Å²) >= 11 is 0. The van der Waals surface area contributed by atoms with Crippen LogP contribution in [0.5, 0.6) is 0 Å². The Morgan fingerprint density at radius 2 is 0.652 bits per heavy atom. The molecule has 0 aliphatic carbocycles. The van der Waals surface area contributed by atoms with Gasteiger partial charge in [-0.3, -0.25) is 4.79 Å². The summed E-state index contributed by atoms with van der Waals surface area (Å²) in [6.45, 7) is 4.20. The number of rotatable bonds is 54. The van der Waals surface area contributed by atoms with Crippen LogP contribution < -0.4 is 5.32 Å². The van der Waals surface area contributed by atoms with E-state index in [2.05, 4.69) is 104 Å². The number of carbonyl (C=O) groups is 1. The van der Waals surface area contributed by atoms with Crippen molar-refractivity contribution >= 4 is 5.91 Å². The molecular formula is C65H115NO3. The normalized spacial score (nSPS) is 13.5. The van der Waals surface area contributed by atoms with Crippen molar-refractivity contribution in [1.29, 1.82) is 0 Å². The van der Waals surface area contributed by atoms with Crippen LogP contribution in [0.1, 0.15) is 290 Å². The Morgan fingerprint density at radius 3 is 1.01 bits per heavy atom. The number of hydrogen-bond acceptors (Lipinski definition) is 3. The van der Waals surface area contributed by atoms with Crippen LogP contribution in [0.3, 0.4) is 0 Å². The summed E-state index contributed by atoms with van der Waals surface area (Å²) in [6, 6.07) is -0.649. The summed E-state index contributed by atoms with van der Waals surface area (Å²) in [5, 5.41) is 23.2. The lowest BCUT2D eigenvalue weighted by Gasteiger charge is -2.19. The molecule has 0 heterocycles. The summed E-state index contributed by atoms with van der Waals surface area (Å²) in [5.74, 6) is -0.0798. The number of amides is 1. The van der Waals surface area contributed by atoms with Crippen molar-refractivity contribution in [2.45, 2.75) is 302 Å². The first-order valence-electron chi connectivity index (χ1n) is 30.0. The number of allylic oxidation sites excluding steroid dienone is 15. The summed E-state index contributed by atoms with van der Waals surface area (Å²) in [6.07, 6.45) is 88.7. The fraction of sp³-hybridized carbons (Fsp3) is 0.738. The highest BCUT2D eigenvalue weighted by atomic mass is 16.3. The number of aliphatic hydroxyl groups is 2. The van der Waals surface area contributed by atoms with Crippen LogP contribution in [-0.4, -0.2) is 34.9 Å². The zero-order chi connectivity index (χ0) is 49.9. The molecule has 0 bridgehead atoms. The molecule has 0 saturated carbocycles. The standard InChI is InChI=1S/C65H115NO3/c1-3-5-7-9-11-13-15-17-19-21-23-25-27-29-31-33-35-37-39-41-43-45-47-49-51-53-55-57-59-61-65(69)66-63(62-67)64(68)60-58-56-54-52-50-48-46-44-42-40-38-36-34-32-30-28-26-24-22-20-18-16-14-12-10-8-6-4-2/h5,7,11,13,17,19,23,25,29,31,35,37,50,52,58,60,63-64,67-68H,3-4,6,8-10,12,14-16,18,20-22,24,26-28,30,32-34,36,38-49,51,53-57,59,61-62H2,1-2H3,(H,66,69)/b7-5-,13-11-,19-17-,25-23-,31-29-,37-35-,52-50+,60-58+. The lowest BCUT2D eigenvalue weighted by molar-refractivity contribution is -0.123. The molecule has 0 aromatic heterocycles. The second-order valence-electron chi connectivity index (χ2n) is 20.0. The van der Waals surface area contributed by atoms with E-state index in [-0.39, 0.29) is 12.5 Å². The first-order valence-corrected chi connectivity index (χ1v) is 30.0. The van der Waals surface area contributed by atoms with E-state index in [0.717, 1.165) is 70.6 Å². The molecule has 0 radical (unpaired) electrons. The smallest absolute Gasteiger partial charge is 0.220 e. The van der Waals surface area contributed by atoms with Crippen molar-refractivity contribution in [3.05, 3.63) is 97.2 Å². The van der Waals surface area contributed by atoms with Gasteiger partial charge < -0.3 is 15.5 Å². The van der Waals surface area contributed by atoms with Crippen LogP contribution in [-0.2, 0) is 4.79 Å². The monoisotopic (exact) mass is 958 g/mol. The van der Waals surface area contributed by atoms with Crippen LogP contribution >= 0.6 is 0 Å². The molecule has 4 nitrogen and oxygen atoms in total. The number of nitrogens with one attached hydrogen (secondary N) is 1. The molecule has 1 amide bonds. The molecule has 0 aromatic rings.